The maximum Gasteiger partial charge on any atom is 0.255 e. The van der Waals surface area contributed by atoms with Crippen LogP contribution >= 0.6 is 15.9 Å². The molecule has 2 amide bonds. The second-order valence-electron chi connectivity index (χ2n) is 5.60. The molecule has 1 N–H and O–H groups in total. The molecule has 0 spiro atoms. The first-order valence-corrected chi connectivity index (χ1v) is 7.98. The number of nitrogens with zero attached hydrogens (tertiary/aromatic N) is 2. The van der Waals surface area contributed by atoms with Gasteiger partial charge in [0, 0.05) is 31.2 Å². The third-order valence-corrected chi connectivity index (χ3v) is 4.10. The van der Waals surface area contributed by atoms with Crippen LogP contribution in [0.15, 0.2) is 22.9 Å². The van der Waals surface area contributed by atoms with E-state index in [-0.39, 0.29) is 23.8 Å². The number of hydrogen-bond acceptors (Lipinski definition) is 3. The topological polar surface area (TPSA) is 62.3 Å². The number of carbonyl (C=O) groups excluding carboxylic acids is 2. The molecular weight excluding hydrogens is 334 g/mol. The van der Waals surface area contributed by atoms with Gasteiger partial charge in [-0.25, -0.2) is 4.98 Å². The van der Waals surface area contributed by atoms with Crippen molar-refractivity contribution in [3.8, 4) is 0 Å². The van der Waals surface area contributed by atoms with Crippen molar-refractivity contribution in [3.63, 3.8) is 0 Å². The van der Waals surface area contributed by atoms with Crippen LogP contribution in [0.25, 0.3) is 0 Å². The van der Waals surface area contributed by atoms with E-state index in [9.17, 15) is 9.59 Å². The largest absolute Gasteiger partial charge is 0.353 e. The first-order chi connectivity index (χ1) is 9.97. The maximum absolute atomic E-state index is 12.3. The second kappa shape index (κ2) is 7.02. The van der Waals surface area contributed by atoms with Crippen molar-refractivity contribution in [1.82, 2.24) is 15.2 Å². The standard InChI is InChI=1S/C15H20BrN3O2/c1-10(2)14(20)18-12-5-7-19(8-6-12)15(21)11-3-4-13(16)17-9-11/h3-4,9-10,12H,5-8H2,1-2H3,(H,18,20). The van der Waals surface area contributed by atoms with E-state index in [0.29, 0.717) is 23.3 Å². The Morgan fingerprint density at radius 2 is 2.00 bits per heavy atom. The van der Waals surface area contributed by atoms with Gasteiger partial charge in [0.05, 0.1) is 5.56 Å². The normalized spacial score (nSPS) is 16.1. The highest BCUT2D eigenvalue weighted by atomic mass is 79.9. The van der Waals surface area contributed by atoms with Crippen LogP contribution in [-0.4, -0.2) is 40.8 Å². The summed E-state index contributed by atoms with van der Waals surface area (Å²) >= 11 is 3.26. The summed E-state index contributed by atoms with van der Waals surface area (Å²) in [5, 5.41) is 3.03. The smallest absolute Gasteiger partial charge is 0.255 e. The second-order valence-corrected chi connectivity index (χ2v) is 6.41. The van der Waals surface area contributed by atoms with Crippen LogP contribution in [0.1, 0.15) is 37.0 Å². The molecule has 1 aromatic heterocycles. The van der Waals surface area contributed by atoms with Gasteiger partial charge < -0.3 is 10.2 Å². The minimum Gasteiger partial charge on any atom is -0.353 e. The van der Waals surface area contributed by atoms with Gasteiger partial charge in [0.25, 0.3) is 5.91 Å². The Morgan fingerprint density at radius 1 is 1.33 bits per heavy atom. The highest BCUT2D eigenvalue weighted by molar-refractivity contribution is 9.10. The molecule has 6 heteroatoms. The lowest BCUT2D eigenvalue weighted by Gasteiger charge is -2.32. The number of piperidine rings is 1. The average Bonchev–Trinajstić information content (AvgIpc) is 2.48. The molecule has 0 bridgehead atoms. The fraction of sp³-hybridized carbons (Fsp3) is 0.533. The molecule has 1 aliphatic rings. The molecule has 2 rings (SSSR count). The lowest BCUT2D eigenvalue weighted by atomic mass is 10.0. The molecular formula is C15H20BrN3O2. The number of carbonyl (C=O) groups is 2. The Bertz CT molecular complexity index is 508. The SMILES string of the molecule is CC(C)C(=O)NC1CCN(C(=O)c2ccc(Br)nc2)CC1. The van der Waals surface area contributed by atoms with E-state index in [0.717, 1.165) is 12.8 Å². The Balaban J connectivity index is 1.87. The number of likely N-dealkylation sites (tertiary alicyclic amines) is 1. The average molecular weight is 354 g/mol. The molecule has 1 aliphatic heterocycles. The van der Waals surface area contributed by atoms with Crippen LogP contribution in [0.2, 0.25) is 0 Å². The Kier molecular flexibility index (Phi) is 5.33. The highest BCUT2D eigenvalue weighted by Crippen LogP contribution is 2.15. The predicted octanol–water partition coefficient (Wildman–Crippen LogP) is 2.22. The van der Waals surface area contributed by atoms with Gasteiger partial charge in [0.15, 0.2) is 0 Å². The lowest BCUT2D eigenvalue weighted by molar-refractivity contribution is -0.124. The van der Waals surface area contributed by atoms with Crippen LogP contribution in [0, 0.1) is 5.92 Å². The van der Waals surface area contributed by atoms with E-state index in [4.69, 9.17) is 0 Å². The summed E-state index contributed by atoms with van der Waals surface area (Å²) in [5.74, 6) is 0.0824. The van der Waals surface area contributed by atoms with Gasteiger partial charge >= 0.3 is 0 Å². The zero-order chi connectivity index (χ0) is 15.4. The molecule has 0 unspecified atom stereocenters. The summed E-state index contributed by atoms with van der Waals surface area (Å²) in [7, 11) is 0. The van der Waals surface area contributed by atoms with Crippen LogP contribution in [-0.2, 0) is 4.79 Å². The molecule has 0 aromatic carbocycles. The molecule has 0 aliphatic carbocycles. The molecule has 1 aromatic rings. The van der Waals surface area contributed by atoms with Crippen LogP contribution < -0.4 is 5.32 Å². The van der Waals surface area contributed by atoms with Gasteiger partial charge in [-0.3, -0.25) is 9.59 Å². The van der Waals surface area contributed by atoms with E-state index in [1.165, 1.54) is 0 Å². The van der Waals surface area contributed by atoms with Crippen molar-refractivity contribution in [2.75, 3.05) is 13.1 Å². The quantitative estimate of drug-likeness (QED) is 0.847. The van der Waals surface area contributed by atoms with Crippen molar-refractivity contribution >= 4 is 27.7 Å². The molecule has 0 radical (unpaired) electrons. The van der Waals surface area contributed by atoms with E-state index in [1.54, 1.807) is 18.3 Å². The third-order valence-electron chi connectivity index (χ3n) is 3.63. The van der Waals surface area contributed by atoms with Gasteiger partial charge in [0.1, 0.15) is 4.60 Å². The van der Waals surface area contributed by atoms with Crippen molar-refractivity contribution in [2.45, 2.75) is 32.7 Å². The minimum atomic E-state index is -0.00139. The summed E-state index contributed by atoms with van der Waals surface area (Å²) in [6, 6.07) is 3.71. The first-order valence-electron chi connectivity index (χ1n) is 7.18. The first kappa shape index (κ1) is 15.9. The summed E-state index contributed by atoms with van der Waals surface area (Å²) in [5.41, 5.74) is 0.600. The van der Waals surface area contributed by atoms with E-state index < -0.39 is 0 Å². The monoisotopic (exact) mass is 353 g/mol. The molecule has 21 heavy (non-hydrogen) atoms. The van der Waals surface area contributed by atoms with Crippen LogP contribution in [0.4, 0.5) is 0 Å². The fourth-order valence-electron chi connectivity index (χ4n) is 2.28. The number of aromatic nitrogens is 1. The number of pyridine rings is 1. The number of nitrogens with one attached hydrogen (secondary N) is 1. The van der Waals surface area contributed by atoms with E-state index in [1.807, 2.05) is 18.7 Å². The highest BCUT2D eigenvalue weighted by Gasteiger charge is 2.25. The molecule has 5 nitrogen and oxygen atoms in total. The van der Waals surface area contributed by atoms with Gasteiger partial charge in [-0.05, 0) is 40.9 Å². The summed E-state index contributed by atoms with van der Waals surface area (Å²) in [6.45, 7) is 5.10. The molecule has 1 fully saturated rings. The number of rotatable bonds is 3. The van der Waals surface area contributed by atoms with Crippen molar-refractivity contribution < 1.29 is 9.59 Å². The van der Waals surface area contributed by atoms with Gasteiger partial charge in [0.2, 0.25) is 5.91 Å². The maximum atomic E-state index is 12.3. The van der Waals surface area contributed by atoms with Crippen molar-refractivity contribution in [1.29, 1.82) is 0 Å². The zero-order valence-electron chi connectivity index (χ0n) is 12.3. The van der Waals surface area contributed by atoms with Gasteiger partial charge in [-0.2, -0.15) is 0 Å². The minimum absolute atomic E-state index is 0.00139. The van der Waals surface area contributed by atoms with Crippen LogP contribution in [0.3, 0.4) is 0 Å². The van der Waals surface area contributed by atoms with E-state index in [2.05, 4.69) is 26.2 Å². The van der Waals surface area contributed by atoms with E-state index >= 15 is 0 Å². The molecule has 1 saturated heterocycles. The lowest BCUT2D eigenvalue weighted by Crippen LogP contribution is -2.47. The van der Waals surface area contributed by atoms with Crippen LogP contribution in [0.5, 0.6) is 0 Å². The van der Waals surface area contributed by atoms with Gasteiger partial charge in [-0.15, -0.1) is 0 Å². The Hall–Kier alpha value is -1.43. The number of amides is 2. The molecule has 114 valence electrons. The summed E-state index contributed by atoms with van der Waals surface area (Å²) < 4.78 is 0.717. The summed E-state index contributed by atoms with van der Waals surface area (Å²) in [6.07, 6.45) is 3.18. The molecule has 0 atom stereocenters. The molecule has 0 saturated carbocycles. The predicted molar refractivity (Wildman–Crippen MR) is 83.8 cm³/mol. The van der Waals surface area contributed by atoms with Gasteiger partial charge in [-0.1, -0.05) is 13.8 Å². The zero-order valence-corrected chi connectivity index (χ0v) is 13.9. The number of halogens is 1. The fourth-order valence-corrected chi connectivity index (χ4v) is 2.51. The molecule has 2 heterocycles. The van der Waals surface area contributed by atoms with Crippen molar-refractivity contribution in [2.24, 2.45) is 5.92 Å². The Labute approximate surface area is 133 Å². The third kappa shape index (κ3) is 4.27. The van der Waals surface area contributed by atoms with Crippen molar-refractivity contribution in [3.05, 3.63) is 28.5 Å². The Morgan fingerprint density at radius 3 is 2.52 bits per heavy atom. The summed E-state index contributed by atoms with van der Waals surface area (Å²) in [4.78, 5) is 29.9. The number of hydrogen-bond donors (Lipinski definition) is 1.